The molecule has 1 amide bonds. The maximum Gasteiger partial charge on any atom is 0.314 e. The van der Waals surface area contributed by atoms with Gasteiger partial charge in [-0.15, -0.1) is 0 Å². The molecule has 0 aromatic heterocycles. The second-order valence-corrected chi connectivity index (χ2v) is 8.42. The summed E-state index contributed by atoms with van der Waals surface area (Å²) in [6.07, 6.45) is 0.578. The number of phenolic OH excluding ortho intramolecular Hbond substituents is 1. The van der Waals surface area contributed by atoms with E-state index in [1.165, 1.54) is 19.2 Å². The normalized spacial score (nSPS) is 19.6. The number of hydrogen-bond donors (Lipinski definition) is 2. The van der Waals surface area contributed by atoms with Crippen LogP contribution in [-0.2, 0) is 9.59 Å². The molecule has 0 fully saturated rings. The van der Waals surface area contributed by atoms with E-state index in [9.17, 15) is 24.8 Å². The van der Waals surface area contributed by atoms with Gasteiger partial charge >= 0.3 is 5.69 Å². The lowest BCUT2D eigenvalue weighted by Crippen LogP contribution is -2.38. The van der Waals surface area contributed by atoms with E-state index in [1.807, 2.05) is 19.1 Å². The number of carbonyl (C=O) groups excluding carboxylic acids is 2. The van der Waals surface area contributed by atoms with E-state index in [1.54, 1.807) is 13.2 Å². The fourth-order valence-corrected chi connectivity index (χ4v) is 4.80. The van der Waals surface area contributed by atoms with Gasteiger partial charge in [-0.3, -0.25) is 19.7 Å². The third-order valence-electron chi connectivity index (χ3n) is 6.39. The molecule has 10 nitrogen and oxygen atoms in total. The molecule has 0 radical (unpaired) electrons. The van der Waals surface area contributed by atoms with Crippen molar-refractivity contribution in [2.75, 3.05) is 20.8 Å². The summed E-state index contributed by atoms with van der Waals surface area (Å²) in [4.78, 5) is 36.7. The van der Waals surface area contributed by atoms with E-state index >= 15 is 0 Å². The molecule has 2 aromatic carbocycles. The fraction of sp³-hybridized carbons (Fsp3) is 0.360. The molecular formula is C25H26N2O8. The number of nitrogens with one attached hydrogen (secondary N) is 1. The predicted octanol–water partition coefficient (Wildman–Crippen LogP) is 3.72. The van der Waals surface area contributed by atoms with Crippen molar-refractivity contribution in [2.24, 2.45) is 0 Å². The maximum atomic E-state index is 13.4. The van der Waals surface area contributed by atoms with Crippen molar-refractivity contribution < 1.29 is 33.8 Å². The molecule has 4 rings (SSSR count). The Bertz CT molecular complexity index is 1240. The summed E-state index contributed by atoms with van der Waals surface area (Å²) in [6, 6.07) is 8.16. The average molecular weight is 482 g/mol. The molecule has 2 aliphatic rings. The van der Waals surface area contributed by atoms with Gasteiger partial charge in [0, 0.05) is 36.1 Å². The number of phenols is 1. The number of ether oxygens (including phenoxy) is 3. The van der Waals surface area contributed by atoms with Crippen LogP contribution in [0.15, 0.2) is 41.6 Å². The highest BCUT2D eigenvalue weighted by atomic mass is 16.6. The van der Waals surface area contributed by atoms with Crippen LogP contribution in [0.1, 0.15) is 49.1 Å². The first kappa shape index (κ1) is 24.1. The van der Waals surface area contributed by atoms with Gasteiger partial charge in [0.2, 0.25) is 11.7 Å². The number of allylic oxidation sites excluding steroid dienone is 2. The van der Waals surface area contributed by atoms with E-state index in [-0.39, 0.29) is 36.2 Å². The topological polar surface area (TPSA) is 137 Å². The van der Waals surface area contributed by atoms with Crippen molar-refractivity contribution in [3.63, 3.8) is 0 Å². The summed E-state index contributed by atoms with van der Waals surface area (Å²) >= 11 is 0. The molecule has 2 unspecified atom stereocenters. The standard InChI is InChI=1S/C25H26N2O8/c1-4-35-20-6-5-13(10-21(20)33-2)14-7-17-24(19(28)9-14)16(12-23(29)26-17)15-8-18(27(31)32)25(30)22(11-15)34-3/h5-6,8,10-11,14,16,30H,4,7,9,12H2,1-3H3,(H,26,29). The first-order valence-electron chi connectivity index (χ1n) is 11.2. The molecule has 35 heavy (non-hydrogen) atoms. The van der Waals surface area contributed by atoms with Crippen molar-refractivity contribution >= 4 is 17.4 Å². The Kier molecular flexibility index (Phi) is 6.63. The molecule has 1 heterocycles. The average Bonchev–Trinajstić information content (AvgIpc) is 2.83. The number of aromatic hydroxyl groups is 1. The maximum absolute atomic E-state index is 13.4. The highest BCUT2D eigenvalue weighted by Gasteiger charge is 2.39. The summed E-state index contributed by atoms with van der Waals surface area (Å²) in [5.74, 6) is -0.839. The van der Waals surface area contributed by atoms with E-state index in [0.717, 1.165) is 5.56 Å². The number of nitro benzene ring substituents is 1. The van der Waals surface area contributed by atoms with Crippen LogP contribution in [0.4, 0.5) is 5.69 Å². The Hall–Kier alpha value is -4.08. The minimum Gasteiger partial charge on any atom is -0.500 e. The van der Waals surface area contributed by atoms with Crippen molar-refractivity contribution in [1.29, 1.82) is 0 Å². The number of hydrogen-bond acceptors (Lipinski definition) is 8. The summed E-state index contributed by atoms with van der Waals surface area (Å²) in [5, 5.41) is 24.4. The molecule has 0 spiro atoms. The van der Waals surface area contributed by atoms with Crippen LogP contribution in [0.2, 0.25) is 0 Å². The Morgan fingerprint density at radius 1 is 1.03 bits per heavy atom. The molecule has 1 aliphatic carbocycles. The first-order chi connectivity index (χ1) is 16.8. The third-order valence-corrected chi connectivity index (χ3v) is 6.39. The summed E-state index contributed by atoms with van der Waals surface area (Å²) in [5.41, 5.74) is 1.64. The van der Waals surface area contributed by atoms with Crippen molar-refractivity contribution in [3.05, 3.63) is 62.8 Å². The van der Waals surface area contributed by atoms with E-state index in [4.69, 9.17) is 14.2 Å². The third kappa shape index (κ3) is 4.51. The van der Waals surface area contributed by atoms with Gasteiger partial charge in [0.15, 0.2) is 23.0 Å². The van der Waals surface area contributed by atoms with Crippen molar-refractivity contribution in [3.8, 4) is 23.0 Å². The Morgan fingerprint density at radius 3 is 2.40 bits per heavy atom. The Morgan fingerprint density at radius 2 is 1.74 bits per heavy atom. The number of nitro groups is 1. The zero-order valence-electron chi connectivity index (χ0n) is 19.6. The molecule has 10 heteroatoms. The SMILES string of the molecule is CCOc1ccc(C2CC(=O)C3=C(C2)NC(=O)CC3c2cc(OC)c(O)c([N+](=O)[O-])c2)cc1OC. The van der Waals surface area contributed by atoms with Gasteiger partial charge in [-0.25, -0.2) is 0 Å². The van der Waals surface area contributed by atoms with Crippen molar-refractivity contribution in [2.45, 2.75) is 38.0 Å². The molecular weight excluding hydrogens is 456 g/mol. The number of nitrogens with zero attached hydrogens (tertiary/aromatic N) is 1. The number of benzene rings is 2. The van der Waals surface area contributed by atoms with Gasteiger partial charge in [-0.1, -0.05) is 6.07 Å². The fourth-order valence-electron chi connectivity index (χ4n) is 4.80. The molecule has 0 saturated heterocycles. The largest absolute Gasteiger partial charge is 0.500 e. The molecule has 0 saturated carbocycles. The Balaban J connectivity index is 1.73. The number of methoxy groups -OCH3 is 2. The van der Waals surface area contributed by atoms with Gasteiger partial charge in [-0.05, 0) is 48.6 Å². The highest BCUT2D eigenvalue weighted by Crippen LogP contribution is 2.46. The number of carbonyl (C=O) groups is 2. The van der Waals surface area contributed by atoms with Crippen LogP contribution in [0.3, 0.4) is 0 Å². The smallest absolute Gasteiger partial charge is 0.314 e. The quantitative estimate of drug-likeness (QED) is 0.450. The molecule has 1 aliphatic heterocycles. The minimum atomic E-state index is -0.725. The van der Waals surface area contributed by atoms with E-state index in [0.29, 0.717) is 41.4 Å². The second kappa shape index (κ2) is 9.65. The first-order valence-corrected chi connectivity index (χ1v) is 11.2. The van der Waals surface area contributed by atoms with Crippen LogP contribution in [0.5, 0.6) is 23.0 Å². The number of Topliss-reactive ketones (excluding diaryl/α,β-unsaturated/α-hetero) is 1. The Labute approximate surface area is 201 Å². The van der Waals surface area contributed by atoms with Gasteiger partial charge in [-0.2, -0.15) is 0 Å². The number of amides is 1. The van der Waals surface area contributed by atoms with Crippen LogP contribution in [-0.4, -0.2) is 42.5 Å². The van der Waals surface area contributed by atoms with E-state index < -0.39 is 22.3 Å². The predicted molar refractivity (Wildman–Crippen MR) is 125 cm³/mol. The zero-order chi connectivity index (χ0) is 25.3. The molecule has 184 valence electrons. The summed E-state index contributed by atoms with van der Waals surface area (Å²) in [6.45, 7) is 2.36. The lowest BCUT2D eigenvalue weighted by atomic mass is 9.73. The highest BCUT2D eigenvalue weighted by molar-refractivity contribution is 6.02. The van der Waals surface area contributed by atoms with Crippen molar-refractivity contribution in [1.82, 2.24) is 5.32 Å². The number of rotatable bonds is 7. The summed E-state index contributed by atoms with van der Waals surface area (Å²) < 4.78 is 16.1. The molecule has 0 bridgehead atoms. The van der Waals surface area contributed by atoms with Crippen LogP contribution < -0.4 is 19.5 Å². The lowest BCUT2D eigenvalue weighted by Gasteiger charge is -2.34. The molecule has 2 N–H and O–H groups in total. The zero-order valence-corrected chi connectivity index (χ0v) is 19.6. The second-order valence-electron chi connectivity index (χ2n) is 8.42. The van der Waals surface area contributed by atoms with Crippen LogP contribution >= 0.6 is 0 Å². The molecule has 2 atom stereocenters. The lowest BCUT2D eigenvalue weighted by molar-refractivity contribution is -0.386. The van der Waals surface area contributed by atoms with Gasteiger partial charge in [0.05, 0.1) is 25.7 Å². The monoisotopic (exact) mass is 482 g/mol. The van der Waals surface area contributed by atoms with Crippen LogP contribution in [0, 0.1) is 10.1 Å². The van der Waals surface area contributed by atoms with E-state index in [2.05, 4.69) is 5.32 Å². The minimum absolute atomic E-state index is 0.0444. The van der Waals surface area contributed by atoms with Crippen LogP contribution in [0.25, 0.3) is 0 Å². The summed E-state index contributed by atoms with van der Waals surface area (Å²) in [7, 11) is 2.83. The van der Waals surface area contributed by atoms with Gasteiger partial charge < -0.3 is 24.6 Å². The van der Waals surface area contributed by atoms with Gasteiger partial charge in [0.1, 0.15) is 0 Å². The van der Waals surface area contributed by atoms with Gasteiger partial charge in [0.25, 0.3) is 0 Å². The number of ketones is 1. The molecule has 2 aromatic rings.